The maximum atomic E-state index is 13.6. The number of hydrogen-bond donors (Lipinski definition) is 0. The minimum absolute atomic E-state index is 0.134. The molecule has 1 heterocycles. The molecule has 0 saturated carbocycles. The number of halogens is 2. The topological polar surface area (TPSA) is 64.8 Å². The minimum atomic E-state index is -4.01. The van der Waals surface area contributed by atoms with Gasteiger partial charge in [0.1, 0.15) is 5.82 Å². The van der Waals surface area contributed by atoms with Crippen LogP contribution in [0.4, 0.5) is 4.39 Å². The summed E-state index contributed by atoms with van der Waals surface area (Å²) >= 11 is 0. The van der Waals surface area contributed by atoms with Crippen LogP contribution in [0, 0.1) is 5.82 Å². The quantitative estimate of drug-likeness (QED) is 0.811. The molecular formula is C10H9ClFN3O2S. The maximum absolute atomic E-state index is 13.6. The molecule has 2 rings (SSSR count). The average molecular weight is 290 g/mol. The summed E-state index contributed by atoms with van der Waals surface area (Å²) in [5.74, 6) is -0.368. The van der Waals surface area contributed by atoms with Gasteiger partial charge in [-0.2, -0.15) is 0 Å². The zero-order valence-corrected chi connectivity index (χ0v) is 10.9. The van der Waals surface area contributed by atoms with Crippen LogP contribution >= 0.6 is 10.7 Å². The first-order valence-corrected chi connectivity index (χ1v) is 7.39. The van der Waals surface area contributed by atoms with Gasteiger partial charge in [-0.05, 0) is 19.1 Å². The fourth-order valence-corrected chi connectivity index (χ4v) is 2.56. The van der Waals surface area contributed by atoms with Crippen molar-refractivity contribution in [2.75, 3.05) is 0 Å². The van der Waals surface area contributed by atoms with Crippen molar-refractivity contribution in [2.45, 2.75) is 18.6 Å². The van der Waals surface area contributed by atoms with E-state index in [-0.39, 0.29) is 23.1 Å². The molecule has 0 N–H and O–H groups in total. The van der Waals surface area contributed by atoms with Gasteiger partial charge in [0, 0.05) is 17.2 Å². The molecule has 0 unspecified atom stereocenters. The lowest BCUT2D eigenvalue weighted by atomic mass is 10.2. The third kappa shape index (κ3) is 2.23. The van der Waals surface area contributed by atoms with E-state index >= 15 is 0 Å². The predicted octanol–water partition coefficient (Wildman–Crippen LogP) is 2.03. The highest BCUT2D eigenvalue weighted by molar-refractivity contribution is 8.13. The Balaban J connectivity index is 2.68. The highest BCUT2D eigenvalue weighted by Crippen LogP contribution is 2.24. The molecule has 0 spiro atoms. The molecule has 5 nitrogen and oxygen atoms in total. The van der Waals surface area contributed by atoms with Crippen molar-refractivity contribution >= 4 is 19.7 Å². The largest absolute Gasteiger partial charge is 0.297 e. The van der Waals surface area contributed by atoms with E-state index in [0.29, 0.717) is 0 Å². The van der Waals surface area contributed by atoms with Gasteiger partial charge in [-0.15, -0.1) is 10.2 Å². The lowest BCUT2D eigenvalue weighted by molar-refractivity contribution is 0.581. The van der Waals surface area contributed by atoms with E-state index in [4.69, 9.17) is 10.7 Å². The SMILES string of the molecule is CCn1c(-c2ccccc2F)nnc1S(=O)(=O)Cl. The number of nitrogens with zero attached hydrogens (tertiary/aromatic N) is 3. The first-order chi connectivity index (χ1) is 8.45. The fraction of sp³-hybridized carbons (Fsp3) is 0.200. The molecule has 0 amide bonds. The van der Waals surface area contributed by atoms with Gasteiger partial charge in [0.15, 0.2) is 5.82 Å². The van der Waals surface area contributed by atoms with Crippen LogP contribution in [0.3, 0.4) is 0 Å². The lowest BCUT2D eigenvalue weighted by Gasteiger charge is -2.06. The molecule has 0 bridgehead atoms. The van der Waals surface area contributed by atoms with E-state index in [1.807, 2.05) is 0 Å². The zero-order valence-electron chi connectivity index (χ0n) is 9.34. The van der Waals surface area contributed by atoms with Gasteiger partial charge in [0.2, 0.25) is 0 Å². The van der Waals surface area contributed by atoms with Crippen LogP contribution in [0.5, 0.6) is 0 Å². The van der Waals surface area contributed by atoms with Gasteiger partial charge >= 0.3 is 0 Å². The van der Waals surface area contributed by atoms with E-state index in [2.05, 4.69) is 10.2 Å². The van der Waals surface area contributed by atoms with Crippen molar-refractivity contribution in [1.29, 1.82) is 0 Å². The van der Waals surface area contributed by atoms with Crippen LogP contribution in [0.25, 0.3) is 11.4 Å². The van der Waals surface area contributed by atoms with E-state index < -0.39 is 14.9 Å². The lowest BCUT2D eigenvalue weighted by Crippen LogP contribution is -2.06. The third-order valence-corrected chi connectivity index (χ3v) is 3.52. The Kier molecular flexibility index (Phi) is 3.36. The Morgan fingerprint density at radius 3 is 2.56 bits per heavy atom. The van der Waals surface area contributed by atoms with Gasteiger partial charge in [-0.25, -0.2) is 12.8 Å². The smallest absolute Gasteiger partial charge is 0.296 e. The summed E-state index contributed by atoms with van der Waals surface area (Å²) in [6.45, 7) is 1.96. The first kappa shape index (κ1) is 13.0. The predicted molar refractivity (Wildman–Crippen MR) is 64.1 cm³/mol. The summed E-state index contributed by atoms with van der Waals surface area (Å²) in [6, 6.07) is 5.92. The first-order valence-electron chi connectivity index (χ1n) is 5.08. The highest BCUT2D eigenvalue weighted by atomic mass is 35.7. The Bertz CT molecular complexity index is 684. The Morgan fingerprint density at radius 1 is 1.33 bits per heavy atom. The van der Waals surface area contributed by atoms with Crippen molar-refractivity contribution in [3.63, 3.8) is 0 Å². The van der Waals surface area contributed by atoms with E-state index in [1.54, 1.807) is 13.0 Å². The van der Waals surface area contributed by atoms with Crippen molar-refractivity contribution in [3.8, 4) is 11.4 Å². The minimum Gasteiger partial charge on any atom is -0.297 e. The summed E-state index contributed by atoms with van der Waals surface area (Å²) in [6.07, 6.45) is 0. The van der Waals surface area contributed by atoms with Crippen molar-refractivity contribution in [2.24, 2.45) is 0 Å². The van der Waals surface area contributed by atoms with Crippen LogP contribution in [0.15, 0.2) is 29.4 Å². The van der Waals surface area contributed by atoms with Crippen LogP contribution < -0.4 is 0 Å². The van der Waals surface area contributed by atoms with Crippen molar-refractivity contribution in [1.82, 2.24) is 14.8 Å². The normalized spacial score (nSPS) is 11.7. The second kappa shape index (κ2) is 4.66. The second-order valence-electron chi connectivity index (χ2n) is 3.47. The monoisotopic (exact) mass is 289 g/mol. The summed E-state index contributed by atoms with van der Waals surface area (Å²) in [4.78, 5) is 0. The summed E-state index contributed by atoms with van der Waals surface area (Å²) in [7, 11) is 1.23. The average Bonchev–Trinajstić information content (AvgIpc) is 2.72. The number of rotatable bonds is 3. The van der Waals surface area contributed by atoms with Crippen LogP contribution in [-0.4, -0.2) is 23.2 Å². The van der Waals surface area contributed by atoms with E-state index in [1.165, 1.54) is 22.8 Å². The number of benzene rings is 1. The molecule has 18 heavy (non-hydrogen) atoms. The third-order valence-electron chi connectivity index (χ3n) is 2.37. The van der Waals surface area contributed by atoms with Gasteiger partial charge < -0.3 is 0 Å². The zero-order chi connectivity index (χ0) is 13.3. The van der Waals surface area contributed by atoms with Crippen LogP contribution in [0.1, 0.15) is 6.92 Å². The van der Waals surface area contributed by atoms with E-state index in [9.17, 15) is 12.8 Å². The standard InChI is InChI=1S/C10H9ClFN3O2S/c1-2-15-9(7-5-3-4-6-8(7)12)13-14-10(15)18(11,16)17/h3-6H,2H2,1H3. The Morgan fingerprint density at radius 2 is 2.00 bits per heavy atom. The summed E-state index contributed by atoms with van der Waals surface area (Å²) < 4.78 is 37.5. The Labute approximate surface area is 108 Å². The Hall–Kier alpha value is -1.47. The fourth-order valence-electron chi connectivity index (χ4n) is 1.60. The van der Waals surface area contributed by atoms with Gasteiger partial charge in [0.25, 0.3) is 14.2 Å². The molecule has 1 aromatic carbocycles. The molecule has 0 radical (unpaired) electrons. The molecule has 0 atom stereocenters. The van der Waals surface area contributed by atoms with Gasteiger partial charge in [0.05, 0.1) is 5.56 Å². The number of hydrogen-bond acceptors (Lipinski definition) is 4. The molecule has 8 heteroatoms. The molecule has 96 valence electrons. The maximum Gasteiger partial charge on any atom is 0.296 e. The molecule has 0 fully saturated rings. The molecule has 0 aliphatic carbocycles. The number of aromatic nitrogens is 3. The van der Waals surface area contributed by atoms with E-state index in [0.717, 1.165) is 0 Å². The molecule has 2 aromatic rings. The van der Waals surface area contributed by atoms with Gasteiger partial charge in [-0.3, -0.25) is 4.57 Å². The molecule has 1 aromatic heterocycles. The molecule has 0 saturated heterocycles. The van der Waals surface area contributed by atoms with Gasteiger partial charge in [-0.1, -0.05) is 12.1 Å². The van der Waals surface area contributed by atoms with Crippen molar-refractivity contribution in [3.05, 3.63) is 30.1 Å². The molecular weight excluding hydrogens is 281 g/mol. The molecule has 0 aliphatic rings. The molecule has 0 aliphatic heterocycles. The highest BCUT2D eigenvalue weighted by Gasteiger charge is 2.23. The summed E-state index contributed by atoms with van der Waals surface area (Å²) in [5.41, 5.74) is 0.179. The summed E-state index contributed by atoms with van der Waals surface area (Å²) in [5, 5.41) is 6.81. The van der Waals surface area contributed by atoms with Crippen LogP contribution in [-0.2, 0) is 15.6 Å². The van der Waals surface area contributed by atoms with Crippen molar-refractivity contribution < 1.29 is 12.8 Å². The van der Waals surface area contributed by atoms with Crippen LogP contribution in [0.2, 0.25) is 0 Å². The second-order valence-corrected chi connectivity index (χ2v) is 5.93.